The predicted molar refractivity (Wildman–Crippen MR) is 82.1 cm³/mol. The van der Waals surface area contributed by atoms with Crippen molar-refractivity contribution >= 4 is 17.5 Å². The number of aryl methyl sites for hydroxylation is 1. The summed E-state index contributed by atoms with van der Waals surface area (Å²) >= 11 is 5.88. The van der Waals surface area contributed by atoms with Crippen LogP contribution >= 0.6 is 11.6 Å². The number of nitrogens with two attached hydrogens (primary N) is 1. The van der Waals surface area contributed by atoms with Gasteiger partial charge in [-0.25, -0.2) is 0 Å². The molecule has 1 rings (SSSR count). The SMILES string of the molecule is Cc1cc(Cl)ccc1OCCCNC(=O)C(C)C(C)N. The lowest BCUT2D eigenvalue weighted by Gasteiger charge is -2.15. The quantitative estimate of drug-likeness (QED) is 0.760. The van der Waals surface area contributed by atoms with Gasteiger partial charge in [0.15, 0.2) is 0 Å². The molecule has 1 amide bonds. The van der Waals surface area contributed by atoms with Gasteiger partial charge in [-0.05, 0) is 44.0 Å². The Hall–Kier alpha value is -1.26. The summed E-state index contributed by atoms with van der Waals surface area (Å²) in [5.41, 5.74) is 6.68. The first kappa shape index (κ1) is 16.8. The van der Waals surface area contributed by atoms with E-state index in [-0.39, 0.29) is 17.9 Å². The Labute approximate surface area is 125 Å². The molecule has 2 unspecified atom stereocenters. The summed E-state index contributed by atoms with van der Waals surface area (Å²) in [6.45, 7) is 6.75. The number of nitrogens with one attached hydrogen (secondary N) is 1. The molecule has 0 heterocycles. The molecule has 1 aromatic rings. The Kier molecular flexibility index (Phi) is 6.82. The first-order valence-corrected chi connectivity index (χ1v) is 7.22. The monoisotopic (exact) mass is 298 g/mol. The average Bonchev–Trinajstić information content (AvgIpc) is 2.39. The second-order valence-electron chi connectivity index (χ2n) is 5.05. The van der Waals surface area contributed by atoms with Gasteiger partial charge in [-0.15, -0.1) is 0 Å². The standard InChI is InChI=1S/C15H23ClN2O2/c1-10-9-13(16)5-6-14(10)20-8-4-7-18-15(19)11(2)12(3)17/h5-6,9,11-12H,4,7-8,17H2,1-3H3,(H,18,19). The molecular formula is C15H23ClN2O2. The third kappa shape index (κ3) is 5.39. The summed E-state index contributed by atoms with van der Waals surface area (Å²) in [7, 11) is 0. The minimum atomic E-state index is -0.172. The number of hydrogen-bond acceptors (Lipinski definition) is 3. The van der Waals surface area contributed by atoms with Crippen molar-refractivity contribution in [3.63, 3.8) is 0 Å². The van der Waals surface area contributed by atoms with Crippen LogP contribution in [0.25, 0.3) is 0 Å². The molecule has 1 aromatic carbocycles. The summed E-state index contributed by atoms with van der Waals surface area (Å²) in [6.07, 6.45) is 0.749. The van der Waals surface area contributed by atoms with E-state index < -0.39 is 0 Å². The van der Waals surface area contributed by atoms with Gasteiger partial charge in [-0.3, -0.25) is 4.79 Å². The van der Waals surface area contributed by atoms with Gasteiger partial charge in [0.2, 0.25) is 5.91 Å². The van der Waals surface area contributed by atoms with Crippen molar-refractivity contribution in [1.29, 1.82) is 0 Å². The second kappa shape index (κ2) is 8.12. The number of halogens is 1. The average molecular weight is 299 g/mol. The molecule has 4 nitrogen and oxygen atoms in total. The fraction of sp³-hybridized carbons (Fsp3) is 0.533. The molecule has 112 valence electrons. The van der Waals surface area contributed by atoms with Crippen LogP contribution < -0.4 is 15.8 Å². The van der Waals surface area contributed by atoms with Crippen LogP contribution in [0, 0.1) is 12.8 Å². The van der Waals surface area contributed by atoms with Crippen molar-refractivity contribution in [2.75, 3.05) is 13.2 Å². The number of amides is 1. The van der Waals surface area contributed by atoms with Crippen molar-refractivity contribution in [2.45, 2.75) is 33.2 Å². The molecule has 2 atom stereocenters. The van der Waals surface area contributed by atoms with Gasteiger partial charge >= 0.3 is 0 Å². The summed E-state index contributed by atoms with van der Waals surface area (Å²) in [5, 5.41) is 3.55. The summed E-state index contributed by atoms with van der Waals surface area (Å²) in [4.78, 5) is 11.7. The molecule has 0 fully saturated rings. The molecule has 0 aliphatic carbocycles. The highest BCUT2D eigenvalue weighted by molar-refractivity contribution is 6.30. The zero-order chi connectivity index (χ0) is 15.1. The summed E-state index contributed by atoms with van der Waals surface area (Å²) in [5.74, 6) is 0.641. The van der Waals surface area contributed by atoms with Crippen molar-refractivity contribution in [3.05, 3.63) is 28.8 Å². The lowest BCUT2D eigenvalue weighted by Crippen LogP contribution is -2.39. The molecule has 3 N–H and O–H groups in total. The van der Waals surface area contributed by atoms with Gasteiger partial charge in [0.1, 0.15) is 5.75 Å². The van der Waals surface area contributed by atoms with Gasteiger partial charge in [-0.1, -0.05) is 18.5 Å². The molecule has 0 spiro atoms. The first-order valence-electron chi connectivity index (χ1n) is 6.84. The lowest BCUT2D eigenvalue weighted by atomic mass is 10.0. The second-order valence-corrected chi connectivity index (χ2v) is 5.49. The zero-order valence-electron chi connectivity index (χ0n) is 12.3. The van der Waals surface area contributed by atoms with Gasteiger partial charge in [-0.2, -0.15) is 0 Å². The molecule has 20 heavy (non-hydrogen) atoms. The van der Waals surface area contributed by atoms with E-state index in [2.05, 4.69) is 5.32 Å². The zero-order valence-corrected chi connectivity index (χ0v) is 13.0. The largest absolute Gasteiger partial charge is 0.493 e. The Morgan fingerprint density at radius 1 is 1.45 bits per heavy atom. The molecule has 0 aliphatic heterocycles. The normalized spacial score (nSPS) is 13.7. The highest BCUT2D eigenvalue weighted by Crippen LogP contribution is 2.21. The molecule has 0 bridgehead atoms. The topological polar surface area (TPSA) is 64.3 Å². The maximum absolute atomic E-state index is 11.7. The third-order valence-electron chi connectivity index (χ3n) is 3.22. The van der Waals surface area contributed by atoms with Crippen LogP contribution in [0.2, 0.25) is 5.02 Å². The Morgan fingerprint density at radius 2 is 2.15 bits per heavy atom. The molecule has 0 saturated carbocycles. The Bertz CT molecular complexity index is 449. The van der Waals surface area contributed by atoms with Crippen LogP contribution in [0.5, 0.6) is 5.75 Å². The van der Waals surface area contributed by atoms with E-state index >= 15 is 0 Å². The lowest BCUT2D eigenvalue weighted by molar-refractivity contribution is -0.124. The third-order valence-corrected chi connectivity index (χ3v) is 3.45. The van der Waals surface area contributed by atoms with E-state index in [0.29, 0.717) is 18.2 Å². The van der Waals surface area contributed by atoms with Crippen LogP contribution in [-0.4, -0.2) is 25.1 Å². The predicted octanol–water partition coefficient (Wildman–Crippen LogP) is 2.52. The van der Waals surface area contributed by atoms with Crippen LogP contribution in [0.3, 0.4) is 0 Å². The van der Waals surface area contributed by atoms with Crippen LogP contribution in [0.1, 0.15) is 25.8 Å². The van der Waals surface area contributed by atoms with Gasteiger partial charge in [0.05, 0.1) is 6.61 Å². The maximum Gasteiger partial charge on any atom is 0.224 e. The van der Waals surface area contributed by atoms with E-state index in [1.807, 2.05) is 32.9 Å². The van der Waals surface area contributed by atoms with Crippen molar-refractivity contribution in [3.8, 4) is 5.75 Å². The number of rotatable bonds is 7. The Morgan fingerprint density at radius 3 is 2.75 bits per heavy atom. The molecular weight excluding hydrogens is 276 g/mol. The fourth-order valence-electron chi connectivity index (χ4n) is 1.64. The van der Waals surface area contributed by atoms with Crippen molar-refractivity contribution in [2.24, 2.45) is 11.7 Å². The van der Waals surface area contributed by atoms with Crippen molar-refractivity contribution in [1.82, 2.24) is 5.32 Å². The smallest absolute Gasteiger partial charge is 0.224 e. The molecule has 0 saturated heterocycles. The number of benzene rings is 1. The van der Waals surface area contributed by atoms with Crippen LogP contribution in [-0.2, 0) is 4.79 Å². The van der Waals surface area contributed by atoms with Crippen LogP contribution in [0.4, 0.5) is 0 Å². The molecule has 0 radical (unpaired) electrons. The summed E-state index contributed by atoms with van der Waals surface area (Å²) < 4.78 is 5.65. The highest BCUT2D eigenvalue weighted by Gasteiger charge is 2.15. The Balaban J connectivity index is 2.24. The number of ether oxygens (including phenoxy) is 1. The van der Waals surface area contributed by atoms with E-state index in [1.165, 1.54) is 0 Å². The van der Waals surface area contributed by atoms with E-state index in [4.69, 9.17) is 22.1 Å². The number of carbonyl (C=O) groups is 1. The number of carbonyl (C=O) groups excluding carboxylic acids is 1. The minimum Gasteiger partial charge on any atom is -0.493 e. The van der Waals surface area contributed by atoms with E-state index in [9.17, 15) is 4.79 Å². The fourth-order valence-corrected chi connectivity index (χ4v) is 1.87. The highest BCUT2D eigenvalue weighted by atomic mass is 35.5. The number of hydrogen-bond donors (Lipinski definition) is 2. The van der Waals surface area contributed by atoms with E-state index in [0.717, 1.165) is 17.7 Å². The van der Waals surface area contributed by atoms with Gasteiger partial charge < -0.3 is 15.8 Å². The van der Waals surface area contributed by atoms with Gasteiger partial charge in [0.25, 0.3) is 0 Å². The first-order chi connectivity index (χ1) is 9.41. The summed E-state index contributed by atoms with van der Waals surface area (Å²) in [6, 6.07) is 5.39. The molecule has 0 aromatic heterocycles. The van der Waals surface area contributed by atoms with Gasteiger partial charge in [0, 0.05) is 23.5 Å². The van der Waals surface area contributed by atoms with Crippen molar-refractivity contribution < 1.29 is 9.53 Å². The van der Waals surface area contributed by atoms with Crippen LogP contribution in [0.15, 0.2) is 18.2 Å². The molecule has 5 heteroatoms. The minimum absolute atomic E-state index is 0.0114. The molecule has 0 aliphatic rings. The maximum atomic E-state index is 11.7. The van der Waals surface area contributed by atoms with E-state index in [1.54, 1.807) is 6.07 Å².